The molecule has 0 aliphatic heterocycles. The smallest absolute Gasteiger partial charge is 0.233 e. The van der Waals surface area contributed by atoms with E-state index in [1.54, 1.807) is 25.2 Å². The van der Waals surface area contributed by atoms with E-state index >= 15 is 0 Å². The van der Waals surface area contributed by atoms with E-state index in [1.807, 2.05) is 0 Å². The number of methoxy groups -OCH3 is 1. The number of hydrogen-bond acceptors (Lipinski definition) is 4. The van der Waals surface area contributed by atoms with E-state index in [9.17, 15) is 9.90 Å². The van der Waals surface area contributed by atoms with Gasteiger partial charge in [-0.05, 0) is 17.7 Å². The number of likely N-dealkylation sites (N-methyl/N-ethyl adjacent to an activating group) is 1. The summed E-state index contributed by atoms with van der Waals surface area (Å²) in [7, 11) is 3.09. The van der Waals surface area contributed by atoms with Gasteiger partial charge in [-0.3, -0.25) is 4.79 Å². The highest BCUT2D eigenvalue weighted by Gasteiger charge is 2.03. The fourth-order valence-electron chi connectivity index (χ4n) is 1.24. The molecule has 1 aromatic carbocycles. The zero-order chi connectivity index (χ0) is 12.0. The van der Waals surface area contributed by atoms with E-state index in [4.69, 9.17) is 4.74 Å². The predicted molar refractivity (Wildman–Crippen MR) is 60.4 cm³/mol. The van der Waals surface area contributed by atoms with Crippen LogP contribution < -0.4 is 15.4 Å². The van der Waals surface area contributed by atoms with Gasteiger partial charge in [0, 0.05) is 13.6 Å². The second-order valence-electron chi connectivity index (χ2n) is 3.28. The lowest BCUT2D eigenvalue weighted by Crippen LogP contribution is -2.30. The standard InChI is InChI=1S/C11H16N2O3/c1-12-11(15)7-13-6-8-3-4-9(14)10(5-8)16-2/h3-5,13-14H,6-7H2,1-2H3,(H,12,15). The third-order valence-corrected chi connectivity index (χ3v) is 2.14. The molecule has 0 aliphatic rings. The fraction of sp³-hybridized carbons (Fsp3) is 0.364. The Morgan fingerprint density at radius 1 is 1.50 bits per heavy atom. The first-order valence-corrected chi connectivity index (χ1v) is 4.94. The van der Waals surface area contributed by atoms with Gasteiger partial charge in [0.1, 0.15) is 0 Å². The van der Waals surface area contributed by atoms with Crippen LogP contribution in [0.15, 0.2) is 18.2 Å². The molecule has 0 radical (unpaired) electrons. The molecule has 0 spiro atoms. The van der Waals surface area contributed by atoms with Crippen molar-refractivity contribution in [3.05, 3.63) is 23.8 Å². The van der Waals surface area contributed by atoms with E-state index in [0.717, 1.165) is 5.56 Å². The van der Waals surface area contributed by atoms with E-state index in [2.05, 4.69) is 10.6 Å². The maximum atomic E-state index is 10.9. The summed E-state index contributed by atoms with van der Waals surface area (Å²) in [6.07, 6.45) is 0. The number of amides is 1. The molecule has 0 unspecified atom stereocenters. The Labute approximate surface area is 94.4 Å². The first-order valence-electron chi connectivity index (χ1n) is 4.94. The normalized spacial score (nSPS) is 9.88. The van der Waals surface area contributed by atoms with Gasteiger partial charge in [0.25, 0.3) is 0 Å². The summed E-state index contributed by atoms with van der Waals surface area (Å²) in [4.78, 5) is 10.9. The van der Waals surface area contributed by atoms with Gasteiger partial charge in [0.2, 0.25) is 5.91 Å². The van der Waals surface area contributed by atoms with Crippen molar-refractivity contribution in [1.82, 2.24) is 10.6 Å². The molecule has 5 heteroatoms. The van der Waals surface area contributed by atoms with E-state index in [1.165, 1.54) is 7.11 Å². The lowest BCUT2D eigenvalue weighted by atomic mass is 10.2. The number of phenolic OH excluding ortho intramolecular Hbond substituents is 1. The molecule has 0 saturated heterocycles. The van der Waals surface area contributed by atoms with Gasteiger partial charge in [-0.2, -0.15) is 0 Å². The van der Waals surface area contributed by atoms with Crippen LogP contribution in [0.4, 0.5) is 0 Å². The van der Waals surface area contributed by atoms with E-state index in [-0.39, 0.29) is 18.2 Å². The minimum atomic E-state index is -0.0641. The quantitative estimate of drug-likeness (QED) is 0.670. The minimum absolute atomic E-state index is 0.0641. The topological polar surface area (TPSA) is 70.6 Å². The van der Waals surface area contributed by atoms with Crippen LogP contribution in [0, 0.1) is 0 Å². The van der Waals surface area contributed by atoms with Crippen LogP contribution in [0.3, 0.4) is 0 Å². The maximum Gasteiger partial charge on any atom is 0.233 e. The number of ether oxygens (including phenoxy) is 1. The monoisotopic (exact) mass is 224 g/mol. The zero-order valence-corrected chi connectivity index (χ0v) is 9.41. The van der Waals surface area contributed by atoms with Gasteiger partial charge < -0.3 is 20.5 Å². The Morgan fingerprint density at radius 2 is 2.25 bits per heavy atom. The summed E-state index contributed by atoms with van der Waals surface area (Å²) in [6.45, 7) is 0.809. The van der Waals surface area contributed by atoms with Crippen molar-refractivity contribution in [1.29, 1.82) is 0 Å². The van der Waals surface area contributed by atoms with Crippen molar-refractivity contribution in [3.8, 4) is 11.5 Å². The molecule has 0 heterocycles. The second-order valence-corrected chi connectivity index (χ2v) is 3.28. The molecule has 16 heavy (non-hydrogen) atoms. The number of rotatable bonds is 5. The Balaban J connectivity index is 2.51. The van der Waals surface area contributed by atoms with Crippen molar-refractivity contribution in [2.45, 2.75) is 6.54 Å². The largest absolute Gasteiger partial charge is 0.504 e. The van der Waals surface area contributed by atoms with Crippen molar-refractivity contribution < 1.29 is 14.6 Å². The van der Waals surface area contributed by atoms with Crippen molar-refractivity contribution in [3.63, 3.8) is 0 Å². The number of phenols is 1. The number of aromatic hydroxyl groups is 1. The lowest BCUT2D eigenvalue weighted by molar-refractivity contribution is -0.119. The number of carbonyl (C=O) groups excluding carboxylic acids is 1. The van der Waals surface area contributed by atoms with Crippen LogP contribution >= 0.6 is 0 Å². The summed E-state index contributed by atoms with van der Waals surface area (Å²) in [5, 5.41) is 14.9. The van der Waals surface area contributed by atoms with Gasteiger partial charge in [0.15, 0.2) is 11.5 Å². The molecule has 0 aromatic heterocycles. The fourth-order valence-corrected chi connectivity index (χ4v) is 1.24. The van der Waals surface area contributed by atoms with E-state index < -0.39 is 0 Å². The van der Waals surface area contributed by atoms with Crippen LogP contribution in [-0.4, -0.2) is 31.7 Å². The average molecular weight is 224 g/mol. The van der Waals surface area contributed by atoms with Gasteiger partial charge in [-0.1, -0.05) is 6.07 Å². The van der Waals surface area contributed by atoms with Crippen LogP contribution in [0.2, 0.25) is 0 Å². The molecule has 0 atom stereocenters. The highest BCUT2D eigenvalue weighted by molar-refractivity contribution is 5.77. The predicted octanol–water partition coefficient (Wildman–Crippen LogP) is 0.236. The molecule has 0 fully saturated rings. The highest BCUT2D eigenvalue weighted by atomic mass is 16.5. The summed E-state index contributed by atoms with van der Waals surface area (Å²) in [6, 6.07) is 5.07. The Morgan fingerprint density at radius 3 is 2.88 bits per heavy atom. The van der Waals surface area contributed by atoms with E-state index in [0.29, 0.717) is 12.3 Å². The van der Waals surface area contributed by atoms with Crippen LogP contribution in [-0.2, 0) is 11.3 Å². The maximum absolute atomic E-state index is 10.9. The molecule has 3 N–H and O–H groups in total. The highest BCUT2D eigenvalue weighted by Crippen LogP contribution is 2.25. The number of nitrogens with one attached hydrogen (secondary N) is 2. The summed E-state index contributed by atoms with van der Waals surface area (Å²) in [5.41, 5.74) is 0.943. The van der Waals surface area contributed by atoms with Crippen LogP contribution in [0.25, 0.3) is 0 Å². The Hall–Kier alpha value is -1.75. The van der Waals surface area contributed by atoms with Gasteiger partial charge in [-0.25, -0.2) is 0 Å². The molecule has 88 valence electrons. The van der Waals surface area contributed by atoms with Crippen molar-refractivity contribution in [2.24, 2.45) is 0 Å². The molecular formula is C11H16N2O3. The first-order chi connectivity index (χ1) is 7.67. The van der Waals surface area contributed by atoms with Crippen LogP contribution in [0.1, 0.15) is 5.56 Å². The second kappa shape index (κ2) is 5.97. The lowest BCUT2D eigenvalue weighted by Gasteiger charge is -2.07. The number of hydrogen-bond donors (Lipinski definition) is 3. The molecule has 1 rings (SSSR count). The number of carbonyl (C=O) groups is 1. The third kappa shape index (κ3) is 3.43. The zero-order valence-electron chi connectivity index (χ0n) is 9.41. The molecule has 0 saturated carbocycles. The summed E-state index contributed by atoms with van der Waals surface area (Å²) in [5.74, 6) is 0.475. The first kappa shape index (κ1) is 12.3. The molecule has 0 aliphatic carbocycles. The Bertz CT molecular complexity index is 366. The molecule has 0 bridgehead atoms. The summed E-state index contributed by atoms with van der Waals surface area (Å²) < 4.78 is 4.98. The molecule has 1 aromatic rings. The average Bonchev–Trinajstić information content (AvgIpc) is 2.31. The summed E-state index contributed by atoms with van der Waals surface area (Å²) >= 11 is 0. The minimum Gasteiger partial charge on any atom is -0.504 e. The van der Waals surface area contributed by atoms with Gasteiger partial charge >= 0.3 is 0 Å². The van der Waals surface area contributed by atoms with Gasteiger partial charge in [-0.15, -0.1) is 0 Å². The Kier molecular flexibility index (Phi) is 4.60. The third-order valence-electron chi connectivity index (χ3n) is 2.14. The van der Waals surface area contributed by atoms with Gasteiger partial charge in [0.05, 0.1) is 13.7 Å². The number of benzene rings is 1. The molecular weight excluding hydrogens is 208 g/mol. The van der Waals surface area contributed by atoms with Crippen molar-refractivity contribution >= 4 is 5.91 Å². The van der Waals surface area contributed by atoms with Crippen LogP contribution in [0.5, 0.6) is 11.5 Å². The SMILES string of the molecule is CNC(=O)CNCc1ccc(O)c(OC)c1. The molecule has 5 nitrogen and oxygen atoms in total. The molecule has 1 amide bonds. The van der Waals surface area contributed by atoms with Crippen molar-refractivity contribution in [2.75, 3.05) is 20.7 Å².